The third-order valence-electron chi connectivity index (χ3n) is 2.43. The molecule has 0 amide bonds. The van der Waals surface area contributed by atoms with E-state index in [4.69, 9.17) is 17.0 Å². The quantitative estimate of drug-likeness (QED) is 0.413. The van der Waals surface area contributed by atoms with Crippen molar-refractivity contribution >= 4 is 29.7 Å². The molecule has 19 heavy (non-hydrogen) atoms. The van der Waals surface area contributed by atoms with Crippen LogP contribution in [0, 0.1) is 4.77 Å². The fourth-order valence-electron chi connectivity index (χ4n) is 1.61. The van der Waals surface area contributed by atoms with Crippen LogP contribution in [0.3, 0.4) is 0 Å². The highest BCUT2D eigenvalue weighted by Gasteiger charge is 1.98. The Morgan fingerprint density at radius 2 is 2.32 bits per heavy atom. The van der Waals surface area contributed by atoms with Gasteiger partial charge in [-0.05, 0) is 31.3 Å². The molecular formula is C13H17N3OS2. The minimum absolute atomic E-state index is 0.612. The number of hydrogen-bond donors (Lipinski definition) is 3. The van der Waals surface area contributed by atoms with Gasteiger partial charge in [-0.25, -0.2) is 0 Å². The van der Waals surface area contributed by atoms with Gasteiger partial charge in [0.05, 0.1) is 0 Å². The van der Waals surface area contributed by atoms with Gasteiger partial charge in [-0.15, -0.1) is 11.8 Å². The van der Waals surface area contributed by atoms with Crippen molar-refractivity contribution in [3.05, 3.63) is 40.9 Å². The second kappa shape index (κ2) is 7.25. The Hall–Kier alpha value is -1.40. The number of imidazole rings is 1. The summed E-state index contributed by atoms with van der Waals surface area (Å²) in [5.41, 5.74) is 2.17. The lowest BCUT2D eigenvalue weighted by atomic mass is 10.3. The molecule has 3 N–H and O–H groups in total. The van der Waals surface area contributed by atoms with Crippen LogP contribution in [0.1, 0.15) is 12.6 Å². The average Bonchev–Trinajstić information content (AvgIpc) is 2.82. The van der Waals surface area contributed by atoms with Gasteiger partial charge >= 0.3 is 0 Å². The summed E-state index contributed by atoms with van der Waals surface area (Å²) < 4.78 is 6.36. The Bertz CT molecular complexity index is 565. The highest BCUT2D eigenvalue weighted by atomic mass is 32.2. The van der Waals surface area contributed by atoms with E-state index in [2.05, 4.69) is 22.2 Å². The highest BCUT2D eigenvalue weighted by molar-refractivity contribution is 7.98. The summed E-state index contributed by atoms with van der Waals surface area (Å²) in [5, 5.41) is 3.26. The molecule has 6 heteroatoms. The van der Waals surface area contributed by atoms with E-state index >= 15 is 0 Å². The number of rotatable bonds is 7. The van der Waals surface area contributed by atoms with Crippen LogP contribution in [-0.4, -0.2) is 22.5 Å². The Kier molecular flexibility index (Phi) is 5.35. The van der Waals surface area contributed by atoms with E-state index in [9.17, 15) is 0 Å². The maximum absolute atomic E-state index is 5.69. The number of hydrogen-bond acceptors (Lipinski definition) is 4. The van der Waals surface area contributed by atoms with Gasteiger partial charge in [0, 0.05) is 35.9 Å². The summed E-state index contributed by atoms with van der Waals surface area (Å²) in [6.45, 7) is 2.98. The first-order valence-electron chi connectivity index (χ1n) is 6.09. The van der Waals surface area contributed by atoms with Crippen molar-refractivity contribution in [1.82, 2.24) is 9.97 Å². The number of aromatic nitrogens is 2. The Labute approximate surface area is 122 Å². The predicted molar refractivity (Wildman–Crippen MR) is 83.4 cm³/mol. The van der Waals surface area contributed by atoms with E-state index in [0.29, 0.717) is 10.7 Å². The van der Waals surface area contributed by atoms with E-state index in [0.717, 1.165) is 29.4 Å². The molecule has 1 aromatic carbocycles. The number of aromatic amines is 2. The van der Waals surface area contributed by atoms with Gasteiger partial charge in [-0.3, -0.25) is 0 Å². The fraction of sp³-hybridized carbons (Fsp3) is 0.308. The zero-order chi connectivity index (χ0) is 13.5. The van der Waals surface area contributed by atoms with Gasteiger partial charge in [-0.1, -0.05) is 6.07 Å². The maximum atomic E-state index is 5.69. The second-order valence-electron chi connectivity index (χ2n) is 3.94. The van der Waals surface area contributed by atoms with Crippen molar-refractivity contribution in [3.63, 3.8) is 0 Å². The van der Waals surface area contributed by atoms with Gasteiger partial charge in [-0.2, -0.15) is 0 Å². The summed E-state index contributed by atoms with van der Waals surface area (Å²) in [5.74, 6) is 2.34. The van der Waals surface area contributed by atoms with Crippen LogP contribution in [-0.2, 0) is 5.75 Å². The van der Waals surface area contributed by atoms with Crippen molar-refractivity contribution in [2.45, 2.75) is 12.7 Å². The Morgan fingerprint density at radius 1 is 1.42 bits per heavy atom. The van der Waals surface area contributed by atoms with Crippen molar-refractivity contribution in [2.75, 3.05) is 17.8 Å². The topological polar surface area (TPSA) is 52.8 Å². The molecule has 0 radical (unpaired) electrons. The number of thioether (sulfide) groups is 1. The number of nitrogens with one attached hydrogen (secondary N) is 3. The summed E-state index contributed by atoms with van der Waals surface area (Å²) in [4.78, 5) is 6.02. The van der Waals surface area contributed by atoms with Crippen LogP contribution < -0.4 is 10.1 Å². The lowest BCUT2D eigenvalue weighted by Gasteiger charge is -2.08. The van der Waals surface area contributed by atoms with Crippen LogP contribution in [0.5, 0.6) is 5.75 Å². The number of H-pyrrole nitrogens is 2. The number of ether oxygens (including phenoxy) is 1. The molecule has 0 unspecified atom stereocenters. The van der Waals surface area contributed by atoms with Gasteiger partial charge in [0.2, 0.25) is 0 Å². The van der Waals surface area contributed by atoms with Crippen LogP contribution in [0.25, 0.3) is 0 Å². The zero-order valence-electron chi connectivity index (χ0n) is 10.7. The molecule has 0 saturated carbocycles. The third kappa shape index (κ3) is 4.65. The first kappa shape index (κ1) is 14.0. The van der Waals surface area contributed by atoms with Crippen molar-refractivity contribution in [2.24, 2.45) is 0 Å². The summed E-state index contributed by atoms with van der Waals surface area (Å²) in [6, 6.07) is 7.99. The molecule has 0 aliphatic rings. The molecule has 0 spiro atoms. The standard InChI is InChI=1S/C13H17N3OS2/c1-2-14-10-4-3-5-12(6-10)17-9-19-8-11-7-15-13(18)16-11/h3-7,14H,2,8-9H2,1H3,(H2,15,16,18). The molecule has 0 bridgehead atoms. The molecule has 102 valence electrons. The molecule has 2 aromatic rings. The van der Waals surface area contributed by atoms with Gasteiger partial charge in [0.1, 0.15) is 11.7 Å². The molecule has 1 aromatic heterocycles. The molecule has 0 fully saturated rings. The highest BCUT2D eigenvalue weighted by Crippen LogP contribution is 2.19. The molecule has 0 aliphatic carbocycles. The summed E-state index contributed by atoms with van der Waals surface area (Å²) in [6.07, 6.45) is 1.89. The molecule has 1 heterocycles. The van der Waals surface area contributed by atoms with Crippen LogP contribution in [0.2, 0.25) is 0 Å². The number of anilines is 1. The third-order valence-corrected chi connectivity index (χ3v) is 3.45. The SMILES string of the molecule is CCNc1cccc(OCSCc2c[nH]c(=S)[nH]2)c1. The predicted octanol–water partition coefficient (Wildman–Crippen LogP) is 3.77. The monoisotopic (exact) mass is 295 g/mol. The van der Waals surface area contributed by atoms with Crippen molar-refractivity contribution < 1.29 is 4.74 Å². The van der Waals surface area contributed by atoms with Crippen molar-refractivity contribution in [3.8, 4) is 5.75 Å². The van der Waals surface area contributed by atoms with E-state index in [1.54, 1.807) is 11.8 Å². The van der Waals surface area contributed by atoms with Crippen molar-refractivity contribution in [1.29, 1.82) is 0 Å². The summed E-state index contributed by atoms with van der Waals surface area (Å²) >= 11 is 6.66. The second-order valence-corrected chi connectivity index (χ2v) is 5.28. The number of benzene rings is 1. The Balaban J connectivity index is 1.76. The van der Waals surface area contributed by atoms with E-state index in [-0.39, 0.29) is 0 Å². The molecule has 2 rings (SSSR count). The van der Waals surface area contributed by atoms with Crippen LogP contribution in [0.15, 0.2) is 30.5 Å². The normalized spacial score (nSPS) is 10.4. The first-order valence-corrected chi connectivity index (χ1v) is 7.65. The van der Waals surface area contributed by atoms with Gasteiger partial charge < -0.3 is 20.0 Å². The maximum Gasteiger partial charge on any atom is 0.174 e. The van der Waals surface area contributed by atoms with E-state index in [1.807, 2.05) is 30.5 Å². The first-order chi connectivity index (χ1) is 9.28. The molecule has 4 nitrogen and oxygen atoms in total. The van der Waals surface area contributed by atoms with E-state index in [1.165, 1.54) is 0 Å². The van der Waals surface area contributed by atoms with E-state index < -0.39 is 0 Å². The van der Waals surface area contributed by atoms with Gasteiger partial charge in [0.15, 0.2) is 4.77 Å². The Morgan fingerprint density at radius 3 is 3.05 bits per heavy atom. The zero-order valence-corrected chi connectivity index (χ0v) is 12.4. The summed E-state index contributed by atoms with van der Waals surface area (Å²) in [7, 11) is 0. The average molecular weight is 295 g/mol. The fourth-order valence-corrected chi connectivity index (χ4v) is 2.48. The van der Waals surface area contributed by atoms with Crippen LogP contribution >= 0.6 is 24.0 Å². The molecule has 0 saturated heterocycles. The molecular weight excluding hydrogens is 278 g/mol. The lowest BCUT2D eigenvalue weighted by molar-refractivity contribution is 0.393. The largest absolute Gasteiger partial charge is 0.483 e. The lowest BCUT2D eigenvalue weighted by Crippen LogP contribution is -1.98. The van der Waals surface area contributed by atoms with Crippen LogP contribution in [0.4, 0.5) is 5.69 Å². The van der Waals surface area contributed by atoms with Gasteiger partial charge in [0.25, 0.3) is 0 Å². The molecule has 0 atom stereocenters. The minimum atomic E-state index is 0.612. The minimum Gasteiger partial charge on any atom is -0.483 e. The molecule has 0 aliphatic heterocycles. The smallest absolute Gasteiger partial charge is 0.174 e.